The van der Waals surface area contributed by atoms with Crippen LogP contribution in [0.4, 0.5) is 8.78 Å². The molecule has 0 bridgehead atoms. The zero-order valence-electron chi connectivity index (χ0n) is 18.4. The van der Waals surface area contributed by atoms with Crippen molar-refractivity contribution < 1.29 is 13.6 Å². The summed E-state index contributed by atoms with van der Waals surface area (Å²) in [5.41, 5.74) is -0.0906. The first-order chi connectivity index (χ1) is 13.3. The van der Waals surface area contributed by atoms with E-state index in [1.54, 1.807) is 0 Å². The minimum absolute atomic E-state index is 0.0102. The van der Waals surface area contributed by atoms with Gasteiger partial charge in [0.25, 0.3) is 0 Å². The van der Waals surface area contributed by atoms with E-state index in [-0.39, 0.29) is 39.9 Å². The Labute approximate surface area is 178 Å². The largest absolute Gasteiger partial charge is 0.347 e. The third-order valence-corrected chi connectivity index (χ3v) is 5.78. The minimum atomic E-state index is -0.687. The molecule has 1 aromatic rings. The lowest BCUT2D eigenvalue weighted by Crippen LogP contribution is -2.60. The molecule has 0 saturated carbocycles. The number of carbonyl (C=O) groups is 1. The van der Waals surface area contributed by atoms with E-state index in [0.29, 0.717) is 13.1 Å². The summed E-state index contributed by atoms with van der Waals surface area (Å²) in [5.74, 6) is -1.43. The first kappa shape index (κ1) is 24.0. The van der Waals surface area contributed by atoms with Gasteiger partial charge in [0.05, 0.1) is 17.1 Å². The van der Waals surface area contributed by atoms with Crippen LogP contribution in [0, 0.1) is 23.5 Å². The zero-order valence-corrected chi connectivity index (χ0v) is 19.2. The van der Waals surface area contributed by atoms with Crippen molar-refractivity contribution in [1.82, 2.24) is 15.5 Å². The highest BCUT2D eigenvalue weighted by Gasteiger charge is 2.40. The minimum Gasteiger partial charge on any atom is -0.347 e. The van der Waals surface area contributed by atoms with E-state index >= 15 is 0 Å². The second kappa shape index (κ2) is 9.27. The van der Waals surface area contributed by atoms with Crippen molar-refractivity contribution >= 4 is 17.5 Å². The molecule has 1 saturated heterocycles. The molecule has 4 nitrogen and oxygen atoms in total. The van der Waals surface area contributed by atoms with E-state index in [2.05, 4.69) is 50.2 Å². The van der Waals surface area contributed by atoms with Crippen molar-refractivity contribution in [2.75, 3.05) is 13.1 Å². The Morgan fingerprint density at radius 2 is 1.76 bits per heavy atom. The van der Waals surface area contributed by atoms with E-state index in [9.17, 15) is 13.6 Å². The van der Waals surface area contributed by atoms with Gasteiger partial charge in [-0.25, -0.2) is 8.78 Å². The van der Waals surface area contributed by atoms with Crippen molar-refractivity contribution in [3.63, 3.8) is 0 Å². The first-order valence-electron chi connectivity index (χ1n) is 10.3. The van der Waals surface area contributed by atoms with Crippen LogP contribution >= 0.6 is 11.6 Å². The molecule has 0 spiro atoms. The number of amides is 1. The average molecular weight is 430 g/mol. The fraction of sp³-hybridized carbons (Fsp3) is 0.682. The van der Waals surface area contributed by atoms with Gasteiger partial charge in [0.15, 0.2) is 0 Å². The van der Waals surface area contributed by atoms with Gasteiger partial charge in [0, 0.05) is 36.2 Å². The molecule has 0 aliphatic carbocycles. The number of carbonyl (C=O) groups excluding carboxylic acids is 1. The molecule has 1 fully saturated rings. The Kier molecular flexibility index (Phi) is 7.68. The summed E-state index contributed by atoms with van der Waals surface area (Å²) in [4.78, 5) is 15.6. The van der Waals surface area contributed by atoms with Crippen LogP contribution in [0.15, 0.2) is 12.1 Å². The van der Waals surface area contributed by atoms with Gasteiger partial charge in [0.1, 0.15) is 11.6 Å². The average Bonchev–Trinajstić information content (AvgIpc) is 2.51. The summed E-state index contributed by atoms with van der Waals surface area (Å²) in [6, 6.07) is 1.21. The van der Waals surface area contributed by atoms with Gasteiger partial charge in [-0.15, -0.1) is 0 Å². The van der Waals surface area contributed by atoms with E-state index in [0.717, 1.165) is 12.1 Å². The monoisotopic (exact) mass is 429 g/mol. The predicted octanol–water partition coefficient (Wildman–Crippen LogP) is 4.53. The molecule has 2 atom stereocenters. The van der Waals surface area contributed by atoms with Crippen molar-refractivity contribution in [2.24, 2.45) is 11.8 Å². The highest BCUT2D eigenvalue weighted by molar-refractivity contribution is 6.30. The third-order valence-electron chi connectivity index (χ3n) is 5.49. The van der Waals surface area contributed by atoms with Crippen LogP contribution in [0.3, 0.4) is 0 Å². The molecule has 7 heteroatoms. The maximum atomic E-state index is 14.7. The number of benzene rings is 1. The van der Waals surface area contributed by atoms with Gasteiger partial charge in [-0.3, -0.25) is 9.69 Å². The smallest absolute Gasteiger partial charge is 0.238 e. The third kappa shape index (κ3) is 5.47. The lowest BCUT2D eigenvalue weighted by atomic mass is 9.87. The molecule has 29 heavy (non-hydrogen) atoms. The van der Waals surface area contributed by atoms with Crippen LogP contribution in [0.25, 0.3) is 0 Å². The SMILES string of the molecule is CC(C)[C@H](C(=O)NC(c1cc(F)c(Cl)cc1F)C1CNC1)N(C(C)C)C(C)(C)C. The van der Waals surface area contributed by atoms with Crippen molar-refractivity contribution in [3.05, 3.63) is 34.4 Å². The lowest BCUT2D eigenvalue weighted by molar-refractivity contribution is -0.133. The van der Waals surface area contributed by atoms with Crippen LogP contribution in [0.2, 0.25) is 5.02 Å². The number of halogens is 3. The molecular weight excluding hydrogens is 396 g/mol. The Balaban J connectivity index is 2.39. The summed E-state index contributed by atoms with van der Waals surface area (Å²) in [6.07, 6.45) is 0. The molecule has 1 heterocycles. The van der Waals surface area contributed by atoms with E-state index in [1.807, 2.05) is 13.8 Å². The summed E-state index contributed by atoms with van der Waals surface area (Å²) < 4.78 is 28.7. The van der Waals surface area contributed by atoms with E-state index < -0.39 is 23.7 Å². The highest BCUT2D eigenvalue weighted by Crippen LogP contribution is 2.32. The van der Waals surface area contributed by atoms with Crippen LogP contribution in [-0.2, 0) is 4.79 Å². The fourth-order valence-corrected chi connectivity index (χ4v) is 4.42. The van der Waals surface area contributed by atoms with Gasteiger partial charge in [-0.1, -0.05) is 25.4 Å². The number of hydrogen-bond acceptors (Lipinski definition) is 3. The van der Waals surface area contributed by atoms with Gasteiger partial charge in [-0.2, -0.15) is 0 Å². The van der Waals surface area contributed by atoms with Crippen molar-refractivity contribution in [1.29, 1.82) is 0 Å². The second-order valence-corrected chi connectivity index (χ2v) is 9.96. The zero-order chi connectivity index (χ0) is 22.1. The standard InChI is InChI=1S/C22H34ClF2N3O/c1-12(2)20(28(13(3)4)22(5,6)7)21(29)27-19(14-10-26-11-14)15-8-18(25)16(23)9-17(15)24/h8-9,12-14,19-20,26H,10-11H2,1-7H3,(H,27,29)/t19?,20-/m1/s1. The Bertz CT molecular complexity index is 730. The summed E-state index contributed by atoms with van der Waals surface area (Å²) in [7, 11) is 0. The Morgan fingerprint density at radius 1 is 1.17 bits per heavy atom. The number of hydrogen-bond donors (Lipinski definition) is 2. The molecule has 2 rings (SSSR count). The van der Waals surface area contributed by atoms with Crippen molar-refractivity contribution in [2.45, 2.75) is 72.1 Å². The maximum Gasteiger partial charge on any atom is 0.238 e. The van der Waals surface area contributed by atoms with Crippen LogP contribution in [0.1, 0.15) is 60.1 Å². The summed E-state index contributed by atoms with van der Waals surface area (Å²) >= 11 is 5.72. The molecule has 2 N–H and O–H groups in total. The highest BCUT2D eigenvalue weighted by atomic mass is 35.5. The number of nitrogens with zero attached hydrogens (tertiary/aromatic N) is 1. The first-order valence-corrected chi connectivity index (χ1v) is 10.7. The normalized spacial score (nSPS) is 17.6. The van der Waals surface area contributed by atoms with Crippen molar-refractivity contribution in [3.8, 4) is 0 Å². The topological polar surface area (TPSA) is 44.4 Å². The summed E-state index contributed by atoms with van der Waals surface area (Å²) in [6.45, 7) is 15.7. The van der Waals surface area contributed by atoms with Gasteiger partial charge in [-0.05, 0) is 52.7 Å². The molecule has 0 radical (unpaired) electrons. The van der Waals surface area contributed by atoms with Gasteiger partial charge >= 0.3 is 0 Å². The van der Waals surface area contributed by atoms with E-state index in [4.69, 9.17) is 11.6 Å². The molecular formula is C22H34ClF2N3O. The molecule has 0 aromatic heterocycles. The van der Waals surface area contributed by atoms with Crippen LogP contribution in [-0.4, -0.2) is 41.5 Å². The molecule has 164 valence electrons. The van der Waals surface area contributed by atoms with Crippen LogP contribution in [0.5, 0.6) is 0 Å². The van der Waals surface area contributed by atoms with E-state index in [1.165, 1.54) is 0 Å². The second-order valence-electron chi connectivity index (χ2n) is 9.55. The predicted molar refractivity (Wildman–Crippen MR) is 114 cm³/mol. The molecule has 1 aliphatic rings. The van der Waals surface area contributed by atoms with Crippen LogP contribution < -0.4 is 10.6 Å². The quantitative estimate of drug-likeness (QED) is 0.626. The molecule has 1 aromatic carbocycles. The molecule has 1 aliphatic heterocycles. The Hall–Kier alpha value is -1.24. The van der Waals surface area contributed by atoms with Gasteiger partial charge in [0.2, 0.25) is 5.91 Å². The lowest BCUT2D eigenvalue weighted by Gasteiger charge is -2.46. The summed E-state index contributed by atoms with van der Waals surface area (Å²) in [5, 5.41) is 5.92. The number of nitrogens with one attached hydrogen (secondary N) is 2. The van der Waals surface area contributed by atoms with Gasteiger partial charge < -0.3 is 10.6 Å². The maximum absolute atomic E-state index is 14.7. The number of rotatable bonds is 7. The molecule has 1 unspecified atom stereocenters. The fourth-order valence-electron chi connectivity index (χ4n) is 4.27. The molecule has 1 amide bonds. The Morgan fingerprint density at radius 3 is 2.17 bits per heavy atom.